The summed E-state index contributed by atoms with van der Waals surface area (Å²) >= 11 is 0. The molecule has 1 aromatic rings. The van der Waals surface area contributed by atoms with Crippen molar-refractivity contribution >= 4 is 0 Å². The van der Waals surface area contributed by atoms with Crippen LogP contribution in [0, 0.1) is 0 Å². The largest absolute Gasteiger partial charge is 0.349 e. The number of hydrogen-bond donors (Lipinski definition) is 0. The molecule has 2 aliphatic heterocycles. The summed E-state index contributed by atoms with van der Waals surface area (Å²) in [6, 6.07) is 5.22. The average molecular weight is 176 g/mol. The lowest BCUT2D eigenvalue weighted by Crippen LogP contribution is -2.40. The van der Waals surface area contributed by atoms with Gasteiger partial charge in [0.15, 0.2) is 0 Å². The van der Waals surface area contributed by atoms with E-state index in [4.69, 9.17) is 0 Å². The topological polar surface area (TPSA) is 8.17 Å². The van der Waals surface area contributed by atoms with Crippen molar-refractivity contribution in [2.75, 3.05) is 13.1 Å². The van der Waals surface area contributed by atoms with E-state index in [-0.39, 0.29) is 0 Å². The van der Waals surface area contributed by atoms with Crippen molar-refractivity contribution in [2.24, 2.45) is 0 Å². The molecule has 0 bridgehead atoms. The molecule has 2 heteroatoms. The molecule has 0 unspecified atom stereocenters. The van der Waals surface area contributed by atoms with Gasteiger partial charge in [-0.15, -0.1) is 0 Å². The fourth-order valence-electron chi connectivity index (χ4n) is 2.76. The summed E-state index contributed by atoms with van der Waals surface area (Å²) in [5.74, 6) is 0. The van der Waals surface area contributed by atoms with E-state index in [0.29, 0.717) is 0 Å². The van der Waals surface area contributed by atoms with Crippen LogP contribution >= 0.6 is 0 Å². The molecule has 1 aromatic heterocycles. The maximum absolute atomic E-state index is 2.65. The molecule has 3 heterocycles. The predicted molar refractivity (Wildman–Crippen MR) is 52.6 cm³/mol. The number of piperidine rings is 1. The molecule has 0 amide bonds. The third-order valence-electron chi connectivity index (χ3n) is 3.45. The van der Waals surface area contributed by atoms with Crippen LogP contribution in [0.5, 0.6) is 0 Å². The molecule has 70 valence electrons. The lowest BCUT2D eigenvalue weighted by molar-refractivity contribution is 0.115. The maximum atomic E-state index is 2.65. The molecule has 0 N–H and O–H groups in total. The van der Waals surface area contributed by atoms with Crippen LogP contribution in [0.3, 0.4) is 0 Å². The summed E-state index contributed by atoms with van der Waals surface area (Å²) in [6.07, 6.45) is 6.40. The second kappa shape index (κ2) is 2.88. The molecule has 3 rings (SSSR count). The molecule has 0 spiro atoms. The van der Waals surface area contributed by atoms with Crippen LogP contribution in [0.2, 0.25) is 0 Å². The minimum atomic E-state index is 0.734. The van der Waals surface area contributed by atoms with Gasteiger partial charge in [0.1, 0.15) is 0 Å². The van der Waals surface area contributed by atoms with E-state index in [1.165, 1.54) is 38.9 Å². The maximum Gasteiger partial charge on any atom is 0.0501 e. The van der Waals surface area contributed by atoms with Gasteiger partial charge >= 0.3 is 0 Å². The van der Waals surface area contributed by atoms with Gasteiger partial charge in [-0.05, 0) is 31.5 Å². The Bertz CT molecular complexity index is 303. The number of nitrogens with zero attached hydrogens (tertiary/aromatic N) is 2. The van der Waals surface area contributed by atoms with E-state index < -0.39 is 0 Å². The molecule has 13 heavy (non-hydrogen) atoms. The van der Waals surface area contributed by atoms with E-state index in [0.717, 1.165) is 6.04 Å². The van der Waals surface area contributed by atoms with Crippen molar-refractivity contribution in [1.29, 1.82) is 0 Å². The zero-order valence-electron chi connectivity index (χ0n) is 7.95. The third-order valence-corrected chi connectivity index (χ3v) is 3.45. The number of rotatable bonds is 0. The Balaban J connectivity index is 1.97. The van der Waals surface area contributed by atoms with Gasteiger partial charge in [0.2, 0.25) is 0 Å². The molecule has 0 radical (unpaired) electrons. The highest BCUT2D eigenvalue weighted by Crippen LogP contribution is 2.33. The first-order chi connectivity index (χ1) is 6.45. The first-order valence-corrected chi connectivity index (χ1v) is 5.34. The first-order valence-electron chi connectivity index (χ1n) is 5.34. The number of hydrogen-bond acceptors (Lipinski definition) is 1. The standard InChI is InChI=1S/C11H16N2/c1-2-6-12-8-9-13-7-3-5-11(13)10(12)4-1/h3,5,7,10H,1-2,4,6,8-9H2/t10-/m0/s1. The van der Waals surface area contributed by atoms with Crippen LogP contribution in [0.4, 0.5) is 0 Å². The van der Waals surface area contributed by atoms with Crippen LogP contribution in [-0.2, 0) is 6.54 Å². The summed E-state index contributed by atoms with van der Waals surface area (Å²) in [6.45, 7) is 3.76. The van der Waals surface area contributed by atoms with Crippen LogP contribution in [0.15, 0.2) is 18.3 Å². The lowest BCUT2D eigenvalue weighted by atomic mass is 9.98. The highest BCUT2D eigenvalue weighted by Gasteiger charge is 2.28. The monoisotopic (exact) mass is 176 g/mol. The Kier molecular flexibility index (Phi) is 1.69. The van der Waals surface area contributed by atoms with E-state index in [1.807, 2.05) is 0 Å². The quantitative estimate of drug-likeness (QED) is 0.587. The van der Waals surface area contributed by atoms with Gasteiger partial charge in [-0.3, -0.25) is 4.90 Å². The van der Waals surface area contributed by atoms with Crippen LogP contribution in [0.1, 0.15) is 31.0 Å². The van der Waals surface area contributed by atoms with Gasteiger partial charge in [0.05, 0.1) is 6.04 Å². The van der Waals surface area contributed by atoms with Crippen molar-refractivity contribution in [3.63, 3.8) is 0 Å². The summed E-state index contributed by atoms with van der Waals surface area (Å²) in [5, 5.41) is 0. The molecule has 0 aliphatic carbocycles. The van der Waals surface area contributed by atoms with E-state index in [1.54, 1.807) is 5.69 Å². The Labute approximate surface area is 79.2 Å². The van der Waals surface area contributed by atoms with Gasteiger partial charge in [0, 0.05) is 25.0 Å². The molecule has 1 saturated heterocycles. The van der Waals surface area contributed by atoms with Gasteiger partial charge in [-0.25, -0.2) is 0 Å². The van der Waals surface area contributed by atoms with Crippen LogP contribution < -0.4 is 0 Å². The van der Waals surface area contributed by atoms with Gasteiger partial charge < -0.3 is 4.57 Å². The average Bonchev–Trinajstić information content (AvgIpc) is 2.65. The van der Waals surface area contributed by atoms with Crippen molar-refractivity contribution in [3.05, 3.63) is 24.0 Å². The Hall–Kier alpha value is -0.760. The third kappa shape index (κ3) is 1.12. The summed E-state index contributed by atoms with van der Waals surface area (Å²) in [5.41, 5.74) is 1.55. The zero-order valence-corrected chi connectivity index (χ0v) is 7.95. The fraction of sp³-hybridized carbons (Fsp3) is 0.636. The highest BCUT2D eigenvalue weighted by molar-refractivity contribution is 5.15. The number of fused-ring (bicyclic) bond motifs is 3. The molecule has 2 aliphatic rings. The second-order valence-corrected chi connectivity index (χ2v) is 4.17. The van der Waals surface area contributed by atoms with Gasteiger partial charge in [-0.1, -0.05) is 6.42 Å². The molecule has 2 nitrogen and oxygen atoms in total. The molecular formula is C11H16N2. The van der Waals surface area contributed by atoms with Crippen molar-refractivity contribution in [3.8, 4) is 0 Å². The summed E-state index contributed by atoms with van der Waals surface area (Å²) < 4.78 is 2.42. The van der Waals surface area contributed by atoms with E-state index in [9.17, 15) is 0 Å². The first kappa shape index (κ1) is 7.63. The van der Waals surface area contributed by atoms with Crippen molar-refractivity contribution < 1.29 is 0 Å². The minimum absolute atomic E-state index is 0.734. The molecule has 1 atom stereocenters. The van der Waals surface area contributed by atoms with Gasteiger partial charge in [-0.2, -0.15) is 0 Å². The highest BCUT2D eigenvalue weighted by atomic mass is 15.2. The Morgan fingerprint density at radius 1 is 1.15 bits per heavy atom. The smallest absolute Gasteiger partial charge is 0.0501 e. The SMILES string of the molecule is c1cc2n(c1)CCN1CCCC[C@@H]21. The molecule has 0 saturated carbocycles. The van der Waals surface area contributed by atoms with E-state index in [2.05, 4.69) is 27.8 Å². The summed E-state index contributed by atoms with van der Waals surface area (Å²) in [4.78, 5) is 2.65. The molecular weight excluding hydrogens is 160 g/mol. The van der Waals surface area contributed by atoms with Crippen molar-refractivity contribution in [1.82, 2.24) is 9.47 Å². The normalized spacial score (nSPS) is 28.2. The summed E-state index contributed by atoms with van der Waals surface area (Å²) in [7, 11) is 0. The van der Waals surface area contributed by atoms with Crippen molar-refractivity contribution in [2.45, 2.75) is 31.8 Å². The molecule has 1 fully saturated rings. The zero-order chi connectivity index (χ0) is 8.67. The van der Waals surface area contributed by atoms with Gasteiger partial charge in [0.25, 0.3) is 0 Å². The van der Waals surface area contributed by atoms with Crippen LogP contribution in [0.25, 0.3) is 0 Å². The minimum Gasteiger partial charge on any atom is -0.349 e. The number of aromatic nitrogens is 1. The lowest BCUT2D eigenvalue weighted by Gasteiger charge is -2.40. The predicted octanol–water partition coefficient (Wildman–Crippen LogP) is 2.03. The molecule has 0 aromatic carbocycles. The Morgan fingerprint density at radius 3 is 3.15 bits per heavy atom. The fourth-order valence-corrected chi connectivity index (χ4v) is 2.76. The van der Waals surface area contributed by atoms with Crippen LogP contribution in [-0.4, -0.2) is 22.6 Å². The Morgan fingerprint density at radius 2 is 2.15 bits per heavy atom. The van der Waals surface area contributed by atoms with E-state index >= 15 is 0 Å². The second-order valence-electron chi connectivity index (χ2n) is 4.17.